The molecular formula is C21H22N2O2. The van der Waals surface area contributed by atoms with Crippen LogP contribution in [0.1, 0.15) is 47.2 Å². The van der Waals surface area contributed by atoms with E-state index in [2.05, 4.69) is 17.1 Å². The van der Waals surface area contributed by atoms with Crippen LogP contribution >= 0.6 is 0 Å². The number of rotatable bonds is 3. The van der Waals surface area contributed by atoms with Crippen molar-refractivity contribution in [3.8, 4) is 0 Å². The van der Waals surface area contributed by atoms with Gasteiger partial charge in [-0.25, -0.2) is 4.99 Å². The first kappa shape index (κ1) is 16.0. The van der Waals surface area contributed by atoms with Gasteiger partial charge in [0.05, 0.1) is 12.8 Å². The number of benzene rings is 1. The van der Waals surface area contributed by atoms with Gasteiger partial charge in [-0.15, -0.1) is 0 Å². The van der Waals surface area contributed by atoms with Crippen molar-refractivity contribution in [1.29, 1.82) is 0 Å². The van der Waals surface area contributed by atoms with E-state index in [0.717, 1.165) is 46.8 Å². The number of carbonyl (C=O) groups is 1. The Hall–Kier alpha value is -2.49. The van der Waals surface area contributed by atoms with Gasteiger partial charge in [0, 0.05) is 31.4 Å². The average Bonchev–Trinajstić information content (AvgIpc) is 3.42. The number of amidine groups is 1. The van der Waals surface area contributed by atoms with E-state index in [-0.39, 0.29) is 5.78 Å². The van der Waals surface area contributed by atoms with Crippen LogP contribution in [0, 0.1) is 5.92 Å². The number of allylic oxidation sites excluding steroid dienone is 4. The van der Waals surface area contributed by atoms with Crippen molar-refractivity contribution in [3.05, 3.63) is 52.8 Å². The van der Waals surface area contributed by atoms with E-state index in [0.29, 0.717) is 12.3 Å². The molecule has 0 unspecified atom stereocenters. The van der Waals surface area contributed by atoms with Crippen molar-refractivity contribution >= 4 is 22.9 Å². The van der Waals surface area contributed by atoms with Crippen LogP contribution in [-0.2, 0) is 11.2 Å². The number of methoxy groups -OCH3 is 1. The number of carbonyl (C=O) groups excluding carboxylic acids is 1. The molecule has 3 aliphatic rings. The Morgan fingerprint density at radius 1 is 1.20 bits per heavy atom. The van der Waals surface area contributed by atoms with Crippen LogP contribution in [0.15, 0.2) is 46.1 Å². The predicted molar refractivity (Wildman–Crippen MR) is 100 cm³/mol. The normalized spacial score (nSPS) is 21.9. The summed E-state index contributed by atoms with van der Waals surface area (Å²) in [6.45, 7) is 0. The minimum atomic E-state index is 0.260. The second-order valence-corrected chi connectivity index (χ2v) is 6.81. The molecule has 0 N–H and O–H groups in total. The van der Waals surface area contributed by atoms with E-state index < -0.39 is 0 Å². The fourth-order valence-electron chi connectivity index (χ4n) is 3.54. The molecule has 0 spiro atoms. The minimum absolute atomic E-state index is 0.260. The molecule has 3 aliphatic carbocycles. The van der Waals surface area contributed by atoms with Crippen LogP contribution in [0.5, 0.6) is 0 Å². The van der Waals surface area contributed by atoms with Gasteiger partial charge >= 0.3 is 0 Å². The lowest BCUT2D eigenvalue weighted by molar-refractivity contribution is 0.0994. The largest absolute Gasteiger partial charge is 0.495 e. The highest BCUT2D eigenvalue weighted by atomic mass is 16.5. The predicted octanol–water partition coefficient (Wildman–Crippen LogP) is 4.01. The Labute approximate surface area is 148 Å². The van der Waals surface area contributed by atoms with Crippen LogP contribution in [-0.4, -0.2) is 31.5 Å². The summed E-state index contributed by atoms with van der Waals surface area (Å²) in [5.74, 6) is 2.51. The molecule has 0 atom stereocenters. The second-order valence-electron chi connectivity index (χ2n) is 6.81. The highest BCUT2D eigenvalue weighted by molar-refractivity contribution is 6.12. The molecule has 0 aliphatic heterocycles. The minimum Gasteiger partial charge on any atom is -0.495 e. The fourth-order valence-corrected chi connectivity index (χ4v) is 3.54. The monoisotopic (exact) mass is 334 g/mol. The van der Waals surface area contributed by atoms with Gasteiger partial charge in [-0.1, -0.05) is 24.3 Å². The van der Waals surface area contributed by atoms with Crippen molar-refractivity contribution in [3.63, 3.8) is 0 Å². The molecule has 0 saturated heterocycles. The van der Waals surface area contributed by atoms with Crippen molar-refractivity contribution in [1.82, 2.24) is 0 Å². The topological polar surface area (TPSA) is 51.0 Å². The summed E-state index contributed by atoms with van der Waals surface area (Å²) in [6.07, 6.45) is 8.64. The number of hydrogen-bond acceptors (Lipinski definition) is 3. The van der Waals surface area contributed by atoms with E-state index in [4.69, 9.17) is 9.73 Å². The number of Topliss-reactive ketones (excluding diaryl/α,β-unsaturated/α-hetero) is 1. The third kappa shape index (κ3) is 3.09. The molecule has 1 aromatic rings. The number of ketones is 1. The Balaban J connectivity index is 1.65. The first-order valence-electron chi connectivity index (χ1n) is 8.85. The number of fused-ring (bicyclic) bond motifs is 1. The number of aliphatic imine (C=N–C) groups is 2. The summed E-state index contributed by atoms with van der Waals surface area (Å²) < 4.78 is 5.51. The zero-order chi connectivity index (χ0) is 17.4. The lowest BCUT2D eigenvalue weighted by Gasteiger charge is -2.17. The van der Waals surface area contributed by atoms with E-state index in [1.807, 2.05) is 25.3 Å². The van der Waals surface area contributed by atoms with Crippen LogP contribution in [0.2, 0.25) is 0 Å². The number of nitrogens with zero attached hydrogens (tertiary/aromatic N) is 2. The van der Waals surface area contributed by atoms with Gasteiger partial charge in [0.1, 0.15) is 11.6 Å². The summed E-state index contributed by atoms with van der Waals surface area (Å²) in [5, 5.41) is 0. The molecule has 0 heterocycles. The Morgan fingerprint density at radius 3 is 2.76 bits per heavy atom. The molecule has 128 valence electrons. The summed E-state index contributed by atoms with van der Waals surface area (Å²) in [7, 11) is 3.49. The smallest absolute Gasteiger partial charge is 0.163 e. The maximum atomic E-state index is 11.8. The Kier molecular flexibility index (Phi) is 4.12. The highest BCUT2D eigenvalue weighted by Crippen LogP contribution is 2.33. The Morgan fingerprint density at radius 2 is 2.04 bits per heavy atom. The average molecular weight is 334 g/mol. The third-order valence-corrected chi connectivity index (χ3v) is 5.12. The summed E-state index contributed by atoms with van der Waals surface area (Å²) in [5.41, 5.74) is 5.35. The van der Waals surface area contributed by atoms with E-state index in [1.165, 1.54) is 18.4 Å². The van der Waals surface area contributed by atoms with Gasteiger partial charge in [0.25, 0.3) is 0 Å². The molecule has 1 fully saturated rings. The quantitative estimate of drug-likeness (QED) is 0.619. The van der Waals surface area contributed by atoms with Crippen LogP contribution < -0.4 is 0 Å². The lowest BCUT2D eigenvalue weighted by atomic mass is 9.93. The first-order valence-corrected chi connectivity index (χ1v) is 8.85. The standard InChI is InChI=1S/C21H22N2O2/c1-22-21(13-3-4-13)23-18-12-15(7-10-20(18)25-2)14-5-8-17-16(11-14)6-9-19(17)24/h5,7-8,10-11,13H,3-4,6,9,12H2,1-2H3. The van der Waals surface area contributed by atoms with Gasteiger partial charge in [-0.3, -0.25) is 9.79 Å². The molecule has 4 heteroatoms. The van der Waals surface area contributed by atoms with E-state index in [9.17, 15) is 4.79 Å². The van der Waals surface area contributed by atoms with E-state index in [1.54, 1.807) is 7.11 Å². The third-order valence-electron chi connectivity index (χ3n) is 5.12. The molecule has 1 saturated carbocycles. The molecular weight excluding hydrogens is 312 g/mol. The summed E-state index contributed by atoms with van der Waals surface area (Å²) in [4.78, 5) is 21.0. The number of aryl methyl sites for hydroxylation is 1. The maximum absolute atomic E-state index is 11.8. The van der Waals surface area contributed by atoms with Crippen molar-refractivity contribution in [2.45, 2.75) is 32.1 Å². The molecule has 1 aromatic carbocycles. The summed E-state index contributed by atoms with van der Waals surface area (Å²) in [6, 6.07) is 6.17. The maximum Gasteiger partial charge on any atom is 0.163 e. The fraction of sp³-hybridized carbons (Fsp3) is 0.381. The van der Waals surface area contributed by atoms with Crippen molar-refractivity contribution in [2.24, 2.45) is 15.9 Å². The molecule has 0 aromatic heterocycles. The lowest BCUT2D eigenvalue weighted by Crippen LogP contribution is -2.13. The molecule has 4 rings (SSSR count). The highest BCUT2D eigenvalue weighted by Gasteiger charge is 2.28. The zero-order valence-corrected chi connectivity index (χ0v) is 14.7. The molecule has 25 heavy (non-hydrogen) atoms. The van der Waals surface area contributed by atoms with Gasteiger partial charge < -0.3 is 4.74 Å². The molecule has 0 amide bonds. The van der Waals surface area contributed by atoms with E-state index >= 15 is 0 Å². The summed E-state index contributed by atoms with van der Waals surface area (Å²) >= 11 is 0. The van der Waals surface area contributed by atoms with Gasteiger partial charge in [0.15, 0.2) is 5.78 Å². The van der Waals surface area contributed by atoms with Gasteiger partial charge in [-0.2, -0.15) is 0 Å². The molecule has 4 nitrogen and oxygen atoms in total. The SMILES string of the molecule is CN=C(N=C1CC(c2ccc3c(c2)CCC3=O)=CC=C1OC)C1CC1. The van der Waals surface area contributed by atoms with Crippen molar-refractivity contribution in [2.75, 3.05) is 14.2 Å². The Bertz CT molecular complexity index is 855. The van der Waals surface area contributed by atoms with Gasteiger partial charge in [0.2, 0.25) is 0 Å². The van der Waals surface area contributed by atoms with Crippen molar-refractivity contribution < 1.29 is 9.53 Å². The van der Waals surface area contributed by atoms with Gasteiger partial charge in [-0.05, 0) is 42.0 Å². The van der Waals surface area contributed by atoms with Crippen LogP contribution in [0.25, 0.3) is 5.57 Å². The number of hydrogen-bond donors (Lipinski definition) is 0. The van der Waals surface area contributed by atoms with Crippen LogP contribution in [0.4, 0.5) is 0 Å². The molecule has 0 bridgehead atoms. The zero-order valence-electron chi connectivity index (χ0n) is 14.7. The second kappa shape index (κ2) is 6.43. The van der Waals surface area contributed by atoms with Crippen LogP contribution in [0.3, 0.4) is 0 Å². The number of ether oxygens (including phenoxy) is 1. The molecule has 0 radical (unpaired) electrons. The first-order chi connectivity index (χ1) is 12.2.